The van der Waals surface area contributed by atoms with Crippen LogP contribution < -0.4 is 9.64 Å². The van der Waals surface area contributed by atoms with Gasteiger partial charge in [0.2, 0.25) is 0 Å². The van der Waals surface area contributed by atoms with Gasteiger partial charge in [-0.15, -0.1) is 0 Å². The molecule has 3 nitrogen and oxygen atoms in total. The fourth-order valence-electron chi connectivity index (χ4n) is 1.94. The van der Waals surface area contributed by atoms with Crippen LogP contribution in [-0.4, -0.2) is 25.7 Å². The summed E-state index contributed by atoms with van der Waals surface area (Å²) in [6.45, 7) is 0.731. The molecule has 1 aromatic heterocycles. The molecule has 0 radical (unpaired) electrons. The minimum atomic E-state index is -0.245. The molecule has 1 heterocycles. The summed E-state index contributed by atoms with van der Waals surface area (Å²) in [4.78, 5) is 6.35. The van der Waals surface area contributed by atoms with E-state index in [0.29, 0.717) is 12.2 Å². The van der Waals surface area contributed by atoms with Gasteiger partial charge >= 0.3 is 0 Å². The number of benzene rings is 1. The van der Waals surface area contributed by atoms with Crippen molar-refractivity contribution in [3.63, 3.8) is 0 Å². The van der Waals surface area contributed by atoms with E-state index >= 15 is 0 Å². The van der Waals surface area contributed by atoms with Crippen molar-refractivity contribution in [3.8, 4) is 5.75 Å². The second-order valence-electron chi connectivity index (χ2n) is 4.46. The van der Waals surface area contributed by atoms with Gasteiger partial charge in [-0.1, -0.05) is 0 Å². The van der Waals surface area contributed by atoms with Crippen LogP contribution in [0.4, 0.5) is 10.2 Å². The lowest BCUT2D eigenvalue weighted by atomic mass is 10.1. The third-order valence-corrected chi connectivity index (χ3v) is 3.53. The molecule has 0 saturated carbocycles. The number of hydrogen-bond acceptors (Lipinski definition) is 3. The maximum absolute atomic E-state index is 13.3. The van der Waals surface area contributed by atoms with Crippen LogP contribution in [0.3, 0.4) is 0 Å². The van der Waals surface area contributed by atoms with Crippen LogP contribution in [-0.2, 0) is 6.42 Å². The Morgan fingerprint density at radius 3 is 2.75 bits per heavy atom. The fourth-order valence-corrected chi connectivity index (χ4v) is 2.17. The molecule has 2 aromatic rings. The number of pyridine rings is 1. The SMILES string of the molecule is COc1ccc(F)cc1CCN(C)c1ccc(Br)cn1. The maximum Gasteiger partial charge on any atom is 0.128 e. The molecule has 0 atom stereocenters. The highest BCUT2D eigenvalue weighted by Gasteiger charge is 2.07. The Kier molecular flexibility index (Phi) is 4.95. The van der Waals surface area contributed by atoms with E-state index in [1.54, 1.807) is 19.4 Å². The Morgan fingerprint density at radius 1 is 1.30 bits per heavy atom. The molecule has 0 spiro atoms. The summed E-state index contributed by atoms with van der Waals surface area (Å²) in [5, 5.41) is 0. The molecular formula is C15H16BrFN2O. The predicted molar refractivity (Wildman–Crippen MR) is 81.9 cm³/mol. The Morgan fingerprint density at radius 2 is 2.10 bits per heavy atom. The van der Waals surface area contributed by atoms with Crippen molar-refractivity contribution in [3.05, 3.63) is 52.4 Å². The van der Waals surface area contributed by atoms with Gasteiger partial charge in [0.05, 0.1) is 7.11 Å². The number of nitrogens with zero attached hydrogens (tertiary/aromatic N) is 2. The quantitative estimate of drug-likeness (QED) is 0.831. The summed E-state index contributed by atoms with van der Waals surface area (Å²) in [6.07, 6.45) is 2.45. The highest BCUT2D eigenvalue weighted by molar-refractivity contribution is 9.10. The molecule has 0 bridgehead atoms. The van der Waals surface area contributed by atoms with Crippen LogP contribution in [0.25, 0.3) is 0 Å². The third-order valence-electron chi connectivity index (χ3n) is 3.06. The first kappa shape index (κ1) is 14.8. The Balaban J connectivity index is 2.04. The summed E-state index contributed by atoms with van der Waals surface area (Å²) in [6, 6.07) is 8.46. The van der Waals surface area contributed by atoms with Gasteiger partial charge in [0.25, 0.3) is 0 Å². The summed E-state index contributed by atoms with van der Waals surface area (Å²) in [7, 11) is 3.55. The first-order valence-corrected chi connectivity index (χ1v) is 7.04. The number of anilines is 1. The summed E-state index contributed by atoms with van der Waals surface area (Å²) in [5.74, 6) is 1.34. The molecule has 0 aliphatic rings. The molecule has 20 heavy (non-hydrogen) atoms. The van der Waals surface area contributed by atoms with Gasteiger partial charge < -0.3 is 9.64 Å². The maximum atomic E-state index is 13.3. The molecule has 0 amide bonds. The Hall–Kier alpha value is -1.62. The molecule has 0 N–H and O–H groups in total. The highest BCUT2D eigenvalue weighted by Crippen LogP contribution is 2.21. The van der Waals surface area contributed by atoms with Gasteiger partial charge in [0.15, 0.2) is 0 Å². The largest absolute Gasteiger partial charge is 0.496 e. The summed E-state index contributed by atoms with van der Waals surface area (Å²) >= 11 is 3.36. The molecule has 1 aromatic carbocycles. The number of rotatable bonds is 5. The number of likely N-dealkylation sites (N-methyl/N-ethyl adjacent to an activating group) is 1. The lowest BCUT2D eigenvalue weighted by molar-refractivity contribution is 0.408. The van der Waals surface area contributed by atoms with Gasteiger partial charge in [-0.3, -0.25) is 0 Å². The van der Waals surface area contributed by atoms with E-state index in [2.05, 4.69) is 20.9 Å². The summed E-state index contributed by atoms with van der Waals surface area (Å²) < 4.78 is 19.5. The number of hydrogen-bond donors (Lipinski definition) is 0. The first-order valence-electron chi connectivity index (χ1n) is 6.25. The molecule has 0 fully saturated rings. The monoisotopic (exact) mass is 338 g/mol. The van der Waals surface area contributed by atoms with Crippen LogP contribution >= 0.6 is 15.9 Å². The smallest absolute Gasteiger partial charge is 0.128 e. The van der Waals surface area contributed by atoms with E-state index < -0.39 is 0 Å². The van der Waals surface area contributed by atoms with Crippen molar-refractivity contribution in [2.24, 2.45) is 0 Å². The zero-order valence-electron chi connectivity index (χ0n) is 11.4. The second kappa shape index (κ2) is 6.70. The van der Waals surface area contributed by atoms with E-state index in [-0.39, 0.29) is 5.82 Å². The van der Waals surface area contributed by atoms with Crippen molar-refractivity contribution in [2.75, 3.05) is 25.6 Å². The van der Waals surface area contributed by atoms with E-state index in [9.17, 15) is 4.39 Å². The van der Waals surface area contributed by atoms with Crippen molar-refractivity contribution in [2.45, 2.75) is 6.42 Å². The fraction of sp³-hybridized carbons (Fsp3) is 0.267. The predicted octanol–water partition coefficient (Wildman–Crippen LogP) is 3.67. The molecule has 0 saturated heterocycles. The van der Waals surface area contributed by atoms with Gasteiger partial charge in [0, 0.05) is 24.3 Å². The normalized spacial score (nSPS) is 10.4. The van der Waals surface area contributed by atoms with Crippen molar-refractivity contribution < 1.29 is 9.13 Å². The third kappa shape index (κ3) is 3.70. The minimum absolute atomic E-state index is 0.245. The van der Waals surface area contributed by atoms with Gasteiger partial charge in [0.1, 0.15) is 17.4 Å². The van der Waals surface area contributed by atoms with Crippen molar-refractivity contribution in [1.29, 1.82) is 0 Å². The summed E-state index contributed by atoms with van der Waals surface area (Å²) in [5.41, 5.74) is 0.858. The molecule has 0 aliphatic heterocycles. The van der Waals surface area contributed by atoms with Crippen LogP contribution in [0, 0.1) is 5.82 Å². The van der Waals surface area contributed by atoms with Gasteiger partial charge in [-0.2, -0.15) is 0 Å². The average molecular weight is 339 g/mol. The molecular weight excluding hydrogens is 323 g/mol. The van der Waals surface area contributed by atoms with Gasteiger partial charge in [-0.25, -0.2) is 9.37 Å². The number of halogens is 2. The van der Waals surface area contributed by atoms with Crippen molar-refractivity contribution in [1.82, 2.24) is 4.98 Å². The Labute approximate surface area is 126 Å². The minimum Gasteiger partial charge on any atom is -0.496 e. The lowest BCUT2D eigenvalue weighted by Gasteiger charge is -2.18. The van der Waals surface area contributed by atoms with Gasteiger partial charge in [-0.05, 0) is 58.2 Å². The van der Waals surface area contributed by atoms with Crippen molar-refractivity contribution >= 4 is 21.7 Å². The van der Waals surface area contributed by atoms with Crippen LogP contribution in [0.5, 0.6) is 5.75 Å². The van der Waals surface area contributed by atoms with E-state index in [1.807, 2.05) is 24.1 Å². The van der Waals surface area contributed by atoms with E-state index in [0.717, 1.165) is 22.4 Å². The molecule has 2 rings (SSSR count). The average Bonchev–Trinajstić information content (AvgIpc) is 2.45. The van der Waals surface area contributed by atoms with E-state index in [4.69, 9.17) is 4.74 Å². The molecule has 0 aliphatic carbocycles. The molecule has 0 unspecified atom stereocenters. The van der Waals surface area contributed by atoms with Crippen LogP contribution in [0.2, 0.25) is 0 Å². The first-order chi connectivity index (χ1) is 9.60. The zero-order valence-corrected chi connectivity index (χ0v) is 13.0. The topological polar surface area (TPSA) is 25.4 Å². The van der Waals surface area contributed by atoms with Crippen LogP contribution in [0.15, 0.2) is 41.0 Å². The second-order valence-corrected chi connectivity index (χ2v) is 5.38. The standard InChI is InChI=1S/C15H16BrFN2O/c1-19(15-6-3-12(16)10-18-15)8-7-11-9-13(17)4-5-14(11)20-2/h3-6,9-10H,7-8H2,1-2H3. The Bertz CT molecular complexity index is 575. The number of methoxy groups -OCH3 is 1. The molecule has 106 valence electrons. The van der Waals surface area contributed by atoms with E-state index in [1.165, 1.54) is 12.1 Å². The molecule has 5 heteroatoms. The number of aromatic nitrogens is 1. The zero-order chi connectivity index (χ0) is 14.5. The van der Waals surface area contributed by atoms with Crippen LogP contribution in [0.1, 0.15) is 5.56 Å². The highest BCUT2D eigenvalue weighted by atomic mass is 79.9. The number of ether oxygens (including phenoxy) is 1. The lowest BCUT2D eigenvalue weighted by Crippen LogP contribution is -2.21.